The molecule has 2 heteroatoms. The maximum atomic E-state index is 9.35. The summed E-state index contributed by atoms with van der Waals surface area (Å²) in [4.78, 5) is 0. The smallest absolute Gasteiger partial charge is 0.0512 e. The van der Waals surface area contributed by atoms with Crippen LogP contribution in [0.25, 0.3) is 0 Å². The zero-order valence-electron chi connectivity index (χ0n) is 11.3. The Morgan fingerprint density at radius 3 is 2.06 bits per heavy atom. The first-order valence-electron chi connectivity index (χ1n) is 6.90. The third-order valence-electron chi connectivity index (χ3n) is 3.50. The van der Waals surface area contributed by atoms with Crippen molar-refractivity contribution in [1.29, 1.82) is 0 Å². The summed E-state index contributed by atoms with van der Waals surface area (Å²) in [5.74, 6) is 1.09. The highest BCUT2D eigenvalue weighted by atomic mass is 16.3. The van der Waals surface area contributed by atoms with Crippen molar-refractivity contribution in [3.05, 3.63) is 0 Å². The minimum Gasteiger partial charge on any atom is -0.396 e. The molecule has 2 N–H and O–H groups in total. The zero-order chi connectivity index (χ0) is 12.4. The molecule has 0 fully saturated rings. The predicted molar refractivity (Wildman–Crippen MR) is 69.4 cm³/mol. The maximum Gasteiger partial charge on any atom is 0.0512 e. The molecule has 0 aliphatic carbocycles. The first-order valence-corrected chi connectivity index (χ1v) is 6.90. The van der Waals surface area contributed by atoms with Crippen LogP contribution < -0.4 is 0 Å². The summed E-state index contributed by atoms with van der Waals surface area (Å²) in [7, 11) is 0. The number of hydrogen-bond donors (Lipinski definition) is 2. The van der Waals surface area contributed by atoms with Crippen LogP contribution in [0.15, 0.2) is 0 Å². The van der Waals surface area contributed by atoms with Crippen molar-refractivity contribution in [2.75, 3.05) is 6.61 Å². The molecule has 98 valence electrons. The Labute approximate surface area is 101 Å². The van der Waals surface area contributed by atoms with E-state index in [4.69, 9.17) is 5.11 Å². The van der Waals surface area contributed by atoms with Gasteiger partial charge in [0, 0.05) is 6.61 Å². The Balaban J connectivity index is 3.64. The van der Waals surface area contributed by atoms with Crippen LogP contribution in [-0.2, 0) is 0 Å². The average Bonchev–Trinajstić information content (AvgIpc) is 2.25. The largest absolute Gasteiger partial charge is 0.396 e. The summed E-state index contributed by atoms with van der Waals surface area (Å²) in [5, 5.41) is 18.5. The van der Waals surface area contributed by atoms with Crippen molar-refractivity contribution in [3.8, 4) is 0 Å². The number of unbranched alkanes of at least 4 members (excludes halogenated alkanes) is 2. The summed E-state index contributed by atoms with van der Waals surface area (Å²) >= 11 is 0. The molecule has 0 aromatic heterocycles. The van der Waals surface area contributed by atoms with Crippen molar-refractivity contribution in [2.45, 2.75) is 71.8 Å². The van der Waals surface area contributed by atoms with Gasteiger partial charge in [-0.3, -0.25) is 0 Å². The molecule has 0 aliphatic heterocycles. The molecule has 2 nitrogen and oxygen atoms in total. The SMILES string of the molecule is CCCCC(C)C(CO)CCCCC(C)O. The van der Waals surface area contributed by atoms with Crippen LogP contribution in [0, 0.1) is 11.8 Å². The highest BCUT2D eigenvalue weighted by molar-refractivity contribution is 4.66. The number of hydrogen-bond acceptors (Lipinski definition) is 2. The quantitative estimate of drug-likeness (QED) is 0.565. The minimum absolute atomic E-state index is 0.176. The molecule has 0 saturated carbocycles. The molecule has 3 atom stereocenters. The Morgan fingerprint density at radius 1 is 0.938 bits per heavy atom. The van der Waals surface area contributed by atoms with Gasteiger partial charge in [0.25, 0.3) is 0 Å². The van der Waals surface area contributed by atoms with Crippen LogP contribution in [0.2, 0.25) is 0 Å². The monoisotopic (exact) mass is 230 g/mol. The third-order valence-corrected chi connectivity index (χ3v) is 3.50. The molecule has 0 radical (unpaired) electrons. The van der Waals surface area contributed by atoms with Gasteiger partial charge in [-0.2, -0.15) is 0 Å². The molecule has 0 bridgehead atoms. The number of rotatable bonds is 10. The van der Waals surface area contributed by atoms with E-state index in [1.165, 1.54) is 19.3 Å². The Bertz CT molecular complexity index is 146. The topological polar surface area (TPSA) is 40.5 Å². The highest BCUT2D eigenvalue weighted by Gasteiger charge is 2.15. The van der Waals surface area contributed by atoms with E-state index in [-0.39, 0.29) is 6.10 Å². The number of aliphatic hydroxyl groups excluding tert-OH is 2. The molecular weight excluding hydrogens is 200 g/mol. The first kappa shape index (κ1) is 15.9. The summed E-state index contributed by atoms with van der Waals surface area (Å²) in [6.45, 7) is 6.63. The van der Waals surface area contributed by atoms with Gasteiger partial charge in [0.15, 0.2) is 0 Å². The van der Waals surface area contributed by atoms with Crippen LogP contribution >= 0.6 is 0 Å². The summed E-state index contributed by atoms with van der Waals surface area (Å²) in [6.07, 6.45) is 7.77. The van der Waals surface area contributed by atoms with Crippen molar-refractivity contribution in [1.82, 2.24) is 0 Å². The fourth-order valence-corrected chi connectivity index (χ4v) is 2.16. The predicted octanol–water partition coefficient (Wildman–Crippen LogP) is 3.36. The van der Waals surface area contributed by atoms with Crippen molar-refractivity contribution in [2.24, 2.45) is 11.8 Å². The Morgan fingerprint density at radius 2 is 1.56 bits per heavy atom. The standard InChI is InChI=1S/C14H30O2/c1-4-5-8-12(2)14(11-15)10-7-6-9-13(3)16/h12-16H,4-11H2,1-3H3. The third kappa shape index (κ3) is 8.12. The first-order chi connectivity index (χ1) is 7.61. The Hall–Kier alpha value is -0.0800. The van der Waals surface area contributed by atoms with E-state index in [0.29, 0.717) is 18.4 Å². The lowest BCUT2D eigenvalue weighted by molar-refractivity contribution is 0.156. The van der Waals surface area contributed by atoms with Crippen LogP contribution in [0.4, 0.5) is 0 Å². The van der Waals surface area contributed by atoms with Crippen LogP contribution in [0.1, 0.15) is 65.7 Å². The van der Waals surface area contributed by atoms with E-state index >= 15 is 0 Å². The van der Waals surface area contributed by atoms with E-state index in [1.54, 1.807) is 0 Å². The molecular formula is C14H30O2. The fraction of sp³-hybridized carbons (Fsp3) is 1.00. The average molecular weight is 230 g/mol. The van der Waals surface area contributed by atoms with Gasteiger partial charge in [-0.25, -0.2) is 0 Å². The van der Waals surface area contributed by atoms with Gasteiger partial charge in [0.1, 0.15) is 0 Å². The lowest BCUT2D eigenvalue weighted by Crippen LogP contribution is -2.16. The molecule has 0 spiro atoms. The molecule has 0 aromatic carbocycles. The Kier molecular flexibility index (Phi) is 10.0. The van der Waals surface area contributed by atoms with Gasteiger partial charge in [0.2, 0.25) is 0 Å². The van der Waals surface area contributed by atoms with Crippen LogP contribution in [0.5, 0.6) is 0 Å². The second kappa shape index (κ2) is 10.1. The maximum absolute atomic E-state index is 9.35. The van der Waals surface area contributed by atoms with Crippen molar-refractivity contribution in [3.63, 3.8) is 0 Å². The second-order valence-corrected chi connectivity index (χ2v) is 5.20. The van der Waals surface area contributed by atoms with Crippen LogP contribution in [-0.4, -0.2) is 22.9 Å². The van der Waals surface area contributed by atoms with Gasteiger partial charge in [-0.15, -0.1) is 0 Å². The van der Waals surface area contributed by atoms with E-state index in [1.807, 2.05) is 6.92 Å². The molecule has 0 saturated heterocycles. The molecule has 0 aliphatic rings. The van der Waals surface area contributed by atoms with E-state index in [2.05, 4.69) is 13.8 Å². The zero-order valence-corrected chi connectivity index (χ0v) is 11.3. The lowest BCUT2D eigenvalue weighted by atomic mass is 9.86. The molecule has 0 aromatic rings. The summed E-state index contributed by atoms with van der Waals surface area (Å²) in [5.41, 5.74) is 0. The highest BCUT2D eigenvalue weighted by Crippen LogP contribution is 2.23. The van der Waals surface area contributed by atoms with E-state index in [9.17, 15) is 5.11 Å². The minimum atomic E-state index is -0.176. The molecule has 3 unspecified atom stereocenters. The van der Waals surface area contributed by atoms with Crippen molar-refractivity contribution < 1.29 is 10.2 Å². The van der Waals surface area contributed by atoms with Crippen LogP contribution in [0.3, 0.4) is 0 Å². The molecule has 0 heterocycles. The van der Waals surface area contributed by atoms with Gasteiger partial charge in [-0.05, 0) is 31.6 Å². The van der Waals surface area contributed by atoms with Gasteiger partial charge >= 0.3 is 0 Å². The van der Waals surface area contributed by atoms with Crippen molar-refractivity contribution >= 4 is 0 Å². The van der Waals surface area contributed by atoms with Gasteiger partial charge in [0.05, 0.1) is 6.10 Å². The second-order valence-electron chi connectivity index (χ2n) is 5.20. The normalized spacial score (nSPS) is 17.1. The number of aliphatic hydroxyl groups is 2. The van der Waals surface area contributed by atoms with E-state index < -0.39 is 0 Å². The fourth-order valence-electron chi connectivity index (χ4n) is 2.16. The summed E-state index contributed by atoms with van der Waals surface area (Å²) < 4.78 is 0. The molecule has 0 amide bonds. The summed E-state index contributed by atoms with van der Waals surface area (Å²) in [6, 6.07) is 0. The van der Waals surface area contributed by atoms with Gasteiger partial charge < -0.3 is 10.2 Å². The molecule has 16 heavy (non-hydrogen) atoms. The van der Waals surface area contributed by atoms with Gasteiger partial charge in [-0.1, -0.05) is 46.0 Å². The van der Waals surface area contributed by atoms with E-state index in [0.717, 1.165) is 25.7 Å². The lowest BCUT2D eigenvalue weighted by Gasteiger charge is -2.21. The molecule has 0 rings (SSSR count).